The van der Waals surface area contributed by atoms with Gasteiger partial charge in [0.1, 0.15) is 5.92 Å². The zero-order valence-corrected chi connectivity index (χ0v) is 12.1. The van der Waals surface area contributed by atoms with Crippen LogP contribution in [0.25, 0.3) is 0 Å². The van der Waals surface area contributed by atoms with E-state index in [1.807, 2.05) is 30.3 Å². The second-order valence-electron chi connectivity index (χ2n) is 4.59. The molecule has 2 aromatic rings. The molecule has 0 aromatic heterocycles. The number of hydrogen-bond donors (Lipinski definition) is 3. The van der Waals surface area contributed by atoms with Gasteiger partial charge in [-0.2, -0.15) is 0 Å². The summed E-state index contributed by atoms with van der Waals surface area (Å²) in [5, 5.41) is 11.8. The maximum atomic E-state index is 12.4. The van der Waals surface area contributed by atoms with Crippen molar-refractivity contribution in [2.75, 3.05) is 5.32 Å². The standard InChI is InChI=1S/C16H16N2O2S/c17-15(21)14(12-4-2-1-3-5-12)16(20)18-13-8-6-11(10-19)7-9-13/h1-9,14,19H,10H2,(H2,17,21)(H,18,20). The molecule has 1 amide bonds. The van der Waals surface area contributed by atoms with Crippen molar-refractivity contribution in [3.63, 3.8) is 0 Å². The fourth-order valence-electron chi connectivity index (χ4n) is 2.00. The van der Waals surface area contributed by atoms with Gasteiger partial charge in [0.05, 0.1) is 11.6 Å². The highest BCUT2D eigenvalue weighted by atomic mass is 32.1. The molecule has 0 radical (unpaired) electrons. The van der Waals surface area contributed by atoms with Gasteiger partial charge in [-0.15, -0.1) is 0 Å². The largest absolute Gasteiger partial charge is 0.392 e. The topological polar surface area (TPSA) is 75.4 Å². The summed E-state index contributed by atoms with van der Waals surface area (Å²) in [6, 6.07) is 16.1. The Morgan fingerprint density at radius 3 is 2.29 bits per heavy atom. The van der Waals surface area contributed by atoms with Gasteiger partial charge in [0, 0.05) is 5.69 Å². The lowest BCUT2D eigenvalue weighted by Gasteiger charge is -2.16. The van der Waals surface area contributed by atoms with Crippen LogP contribution in [0.15, 0.2) is 54.6 Å². The normalized spacial score (nSPS) is 11.7. The molecule has 5 heteroatoms. The van der Waals surface area contributed by atoms with Crippen molar-refractivity contribution in [1.82, 2.24) is 0 Å². The van der Waals surface area contributed by atoms with Crippen molar-refractivity contribution >= 4 is 28.8 Å². The number of carbonyl (C=O) groups excluding carboxylic acids is 1. The van der Waals surface area contributed by atoms with Crippen molar-refractivity contribution in [1.29, 1.82) is 0 Å². The summed E-state index contributed by atoms with van der Waals surface area (Å²) in [6.07, 6.45) is 0. The first kappa shape index (κ1) is 15.2. The summed E-state index contributed by atoms with van der Waals surface area (Å²) < 4.78 is 0. The Bertz CT molecular complexity index is 626. The number of aliphatic hydroxyl groups excluding tert-OH is 1. The van der Waals surface area contributed by atoms with Crippen molar-refractivity contribution in [2.45, 2.75) is 12.5 Å². The molecule has 0 aliphatic carbocycles. The minimum Gasteiger partial charge on any atom is -0.392 e. The molecule has 1 atom stereocenters. The molecule has 0 spiro atoms. The first-order valence-electron chi connectivity index (χ1n) is 6.46. The molecule has 0 aliphatic rings. The van der Waals surface area contributed by atoms with Crippen LogP contribution in [0.2, 0.25) is 0 Å². The van der Waals surface area contributed by atoms with Crippen molar-refractivity contribution in [3.05, 3.63) is 65.7 Å². The SMILES string of the molecule is NC(=S)C(C(=O)Nc1ccc(CO)cc1)c1ccccc1. The zero-order valence-electron chi connectivity index (χ0n) is 11.3. The number of benzene rings is 2. The maximum Gasteiger partial charge on any atom is 0.238 e. The van der Waals surface area contributed by atoms with Crippen LogP contribution < -0.4 is 11.1 Å². The summed E-state index contributed by atoms with van der Waals surface area (Å²) in [4.78, 5) is 12.5. The van der Waals surface area contributed by atoms with E-state index < -0.39 is 5.92 Å². The lowest BCUT2D eigenvalue weighted by Crippen LogP contribution is -2.31. The average Bonchev–Trinajstić information content (AvgIpc) is 2.49. The van der Waals surface area contributed by atoms with Crippen LogP contribution in [-0.2, 0) is 11.4 Å². The van der Waals surface area contributed by atoms with Gasteiger partial charge in [-0.1, -0.05) is 54.7 Å². The van der Waals surface area contributed by atoms with Crippen LogP contribution in [0.3, 0.4) is 0 Å². The molecular formula is C16H16N2O2S. The van der Waals surface area contributed by atoms with Crippen LogP contribution in [0.4, 0.5) is 5.69 Å². The number of anilines is 1. The van der Waals surface area contributed by atoms with Crippen LogP contribution in [-0.4, -0.2) is 16.0 Å². The van der Waals surface area contributed by atoms with Gasteiger partial charge in [-0.05, 0) is 23.3 Å². The smallest absolute Gasteiger partial charge is 0.238 e. The summed E-state index contributed by atoms with van der Waals surface area (Å²) in [5.41, 5.74) is 7.88. The van der Waals surface area contributed by atoms with Crippen LogP contribution >= 0.6 is 12.2 Å². The Hall–Kier alpha value is -2.24. The Morgan fingerprint density at radius 2 is 1.76 bits per heavy atom. The molecule has 0 bridgehead atoms. The molecular weight excluding hydrogens is 284 g/mol. The van der Waals surface area contributed by atoms with E-state index in [4.69, 9.17) is 23.1 Å². The minimum atomic E-state index is -0.668. The van der Waals surface area contributed by atoms with E-state index in [1.165, 1.54) is 0 Å². The molecule has 2 rings (SSSR count). The summed E-state index contributed by atoms with van der Waals surface area (Å²) >= 11 is 5.01. The lowest BCUT2D eigenvalue weighted by atomic mass is 9.98. The number of amides is 1. The number of nitrogens with two attached hydrogens (primary N) is 1. The quantitative estimate of drug-likeness (QED) is 0.740. The predicted octanol–water partition coefficient (Wildman–Crippen LogP) is 2.19. The number of rotatable bonds is 5. The van der Waals surface area contributed by atoms with E-state index >= 15 is 0 Å². The Balaban J connectivity index is 2.17. The van der Waals surface area contributed by atoms with E-state index in [2.05, 4.69) is 5.32 Å². The zero-order chi connectivity index (χ0) is 15.2. The molecule has 0 fully saturated rings. The van der Waals surface area contributed by atoms with Crippen molar-refractivity contribution in [2.24, 2.45) is 5.73 Å². The van der Waals surface area contributed by atoms with Gasteiger partial charge >= 0.3 is 0 Å². The Kier molecular flexibility index (Phi) is 5.03. The van der Waals surface area contributed by atoms with Gasteiger partial charge in [-0.25, -0.2) is 0 Å². The molecule has 0 heterocycles. The van der Waals surface area contributed by atoms with Crippen LogP contribution in [0, 0.1) is 0 Å². The third kappa shape index (κ3) is 3.87. The Labute approximate surface area is 128 Å². The third-order valence-corrected chi connectivity index (χ3v) is 3.32. The molecule has 108 valence electrons. The van der Waals surface area contributed by atoms with Crippen LogP contribution in [0.1, 0.15) is 17.0 Å². The van der Waals surface area contributed by atoms with Gasteiger partial charge in [0.15, 0.2) is 0 Å². The molecule has 0 aliphatic heterocycles. The van der Waals surface area contributed by atoms with E-state index in [0.717, 1.165) is 11.1 Å². The minimum absolute atomic E-state index is 0.0340. The monoisotopic (exact) mass is 300 g/mol. The first-order chi connectivity index (χ1) is 10.1. The molecule has 0 saturated heterocycles. The average molecular weight is 300 g/mol. The first-order valence-corrected chi connectivity index (χ1v) is 6.87. The van der Waals surface area contributed by atoms with E-state index in [0.29, 0.717) is 5.69 Å². The molecule has 21 heavy (non-hydrogen) atoms. The van der Waals surface area contributed by atoms with Gasteiger partial charge in [-0.3, -0.25) is 4.79 Å². The second kappa shape index (κ2) is 6.97. The van der Waals surface area contributed by atoms with Gasteiger partial charge in [0.2, 0.25) is 5.91 Å². The summed E-state index contributed by atoms with van der Waals surface area (Å²) in [5.74, 6) is -0.941. The number of hydrogen-bond acceptors (Lipinski definition) is 3. The van der Waals surface area contributed by atoms with E-state index in [-0.39, 0.29) is 17.5 Å². The van der Waals surface area contributed by atoms with Crippen molar-refractivity contribution in [3.8, 4) is 0 Å². The summed E-state index contributed by atoms with van der Waals surface area (Å²) in [7, 11) is 0. The molecule has 4 nitrogen and oxygen atoms in total. The highest BCUT2D eigenvalue weighted by Crippen LogP contribution is 2.19. The number of thiocarbonyl (C=S) groups is 1. The Morgan fingerprint density at radius 1 is 1.14 bits per heavy atom. The fourth-order valence-corrected chi connectivity index (χ4v) is 2.24. The van der Waals surface area contributed by atoms with Crippen molar-refractivity contribution < 1.29 is 9.90 Å². The van der Waals surface area contributed by atoms with Gasteiger partial charge < -0.3 is 16.2 Å². The van der Waals surface area contributed by atoms with E-state index in [1.54, 1.807) is 24.3 Å². The number of nitrogens with one attached hydrogen (secondary N) is 1. The summed E-state index contributed by atoms with van der Waals surface area (Å²) in [6.45, 7) is -0.0340. The molecule has 1 unspecified atom stereocenters. The predicted molar refractivity (Wildman–Crippen MR) is 87.0 cm³/mol. The van der Waals surface area contributed by atoms with Crippen LogP contribution in [0.5, 0.6) is 0 Å². The fraction of sp³-hybridized carbons (Fsp3) is 0.125. The molecule has 2 aromatic carbocycles. The molecule has 4 N–H and O–H groups in total. The highest BCUT2D eigenvalue weighted by molar-refractivity contribution is 7.80. The third-order valence-electron chi connectivity index (χ3n) is 3.08. The number of carbonyl (C=O) groups is 1. The highest BCUT2D eigenvalue weighted by Gasteiger charge is 2.23. The number of aliphatic hydroxyl groups is 1. The second-order valence-corrected chi connectivity index (χ2v) is 5.06. The molecule has 0 saturated carbocycles. The van der Waals surface area contributed by atoms with Gasteiger partial charge in [0.25, 0.3) is 0 Å². The van der Waals surface area contributed by atoms with E-state index in [9.17, 15) is 4.79 Å². The lowest BCUT2D eigenvalue weighted by molar-refractivity contribution is -0.116. The maximum absolute atomic E-state index is 12.4.